The molecule has 0 saturated heterocycles. The Hall–Kier alpha value is -5.67. The summed E-state index contributed by atoms with van der Waals surface area (Å²) in [5, 5.41) is 0. The summed E-state index contributed by atoms with van der Waals surface area (Å²) in [6.07, 6.45) is 0. The summed E-state index contributed by atoms with van der Waals surface area (Å²) in [5.41, 5.74) is 4.79. The van der Waals surface area contributed by atoms with Crippen molar-refractivity contribution in [3.63, 3.8) is 0 Å². The highest BCUT2D eigenvalue weighted by Gasteiger charge is 2.50. The molecule has 0 aliphatic carbocycles. The molecule has 1 heterocycles. The molecule has 0 spiro atoms. The highest BCUT2D eigenvalue weighted by Crippen LogP contribution is 2.50. The first-order chi connectivity index (χ1) is 26.3. The van der Waals surface area contributed by atoms with Crippen LogP contribution in [-0.2, 0) is 16.2 Å². The summed E-state index contributed by atoms with van der Waals surface area (Å²) in [4.78, 5) is 17.6. The lowest BCUT2D eigenvalue weighted by molar-refractivity contribution is 0.361. The highest BCUT2D eigenvalue weighted by atomic mass is 15.1. The zero-order valence-electron chi connectivity index (χ0n) is 32.4. The van der Waals surface area contributed by atoms with E-state index in [1.807, 2.05) is 0 Å². The maximum atomic E-state index is 5.86. The van der Waals surface area contributed by atoms with Crippen molar-refractivity contribution in [1.29, 1.82) is 0 Å². The first-order valence-electron chi connectivity index (χ1n) is 19.4. The molecule has 0 N–H and O–H groups in total. The topological polar surface area (TPSA) is 38.7 Å². The monoisotopic (exact) mass is 705 g/mol. The fourth-order valence-electron chi connectivity index (χ4n) is 9.16. The molecule has 3 nitrogen and oxygen atoms in total. The summed E-state index contributed by atoms with van der Waals surface area (Å²) in [5.74, 6) is 2.49. The molecule has 0 amide bonds. The van der Waals surface area contributed by atoms with Crippen LogP contribution in [0.4, 0.5) is 0 Å². The van der Waals surface area contributed by atoms with Crippen LogP contribution in [-0.4, -0.2) is 15.0 Å². The second-order valence-electron chi connectivity index (χ2n) is 15.4. The van der Waals surface area contributed by atoms with Crippen molar-refractivity contribution < 1.29 is 0 Å². The van der Waals surface area contributed by atoms with Gasteiger partial charge in [0.1, 0.15) is 17.5 Å². The predicted molar refractivity (Wildman–Crippen MR) is 223 cm³/mol. The van der Waals surface area contributed by atoms with E-state index < -0.39 is 16.2 Å². The van der Waals surface area contributed by atoms with Gasteiger partial charge in [-0.2, -0.15) is 0 Å². The minimum Gasteiger partial charge on any atom is -0.215 e. The van der Waals surface area contributed by atoms with Crippen molar-refractivity contribution in [2.24, 2.45) is 17.8 Å². The molecule has 7 aromatic rings. The van der Waals surface area contributed by atoms with Gasteiger partial charge in [0.2, 0.25) is 0 Å². The Kier molecular flexibility index (Phi) is 10.4. The van der Waals surface area contributed by atoms with Gasteiger partial charge in [0.15, 0.2) is 0 Å². The molecule has 0 atom stereocenters. The maximum Gasteiger partial charge on any atom is 0.147 e. The third kappa shape index (κ3) is 5.97. The number of rotatable bonds is 12. The first-order valence-corrected chi connectivity index (χ1v) is 19.4. The molecule has 0 fully saturated rings. The quantitative estimate of drug-likeness (QED) is 0.127. The van der Waals surface area contributed by atoms with Crippen molar-refractivity contribution in [2.75, 3.05) is 0 Å². The van der Waals surface area contributed by atoms with Crippen molar-refractivity contribution in [3.8, 4) is 0 Å². The van der Waals surface area contributed by atoms with Crippen LogP contribution in [0, 0.1) is 17.8 Å². The van der Waals surface area contributed by atoms with Gasteiger partial charge in [-0.05, 0) is 51.1 Å². The van der Waals surface area contributed by atoms with Gasteiger partial charge in [-0.15, -0.1) is 0 Å². The minimum absolute atomic E-state index is 0.0780. The molecule has 7 rings (SSSR count). The molecule has 0 aliphatic heterocycles. The lowest BCUT2D eigenvalue weighted by Gasteiger charge is -2.43. The number of hydrogen-bond acceptors (Lipinski definition) is 3. The Balaban J connectivity index is 1.74. The van der Waals surface area contributed by atoms with Crippen molar-refractivity contribution >= 4 is 0 Å². The Morgan fingerprint density at radius 2 is 0.407 bits per heavy atom. The van der Waals surface area contributed by atoms with Crippen LogP contribution >= 0.6 is 0 Å². The van der Waals surface area contributed by atoms with Crippen LogP contribution in [0.5, 0.6) is 0 Å². The SMILES string of the molecule is CC(C)C(c1ccccc1)(c1ccccc1)c1nc(C(c2ccccc2)(c2ccccc2)C(C)C)nc(C(c2ccccc2)(c2ccccc2)C(C)C)n1. The normalized spacial score (nSPS) is 12.4. The Morgan fingerprint density at radius 3 is 0.537 bits per heavy atom. The van der Waals surface area contributed by atoms with Crippen LogP contribution < -0.4 is 0 Å². The second-order valence-corrected chi connectivity index (χ2v) is 15.4. The summed E-state index contributed by atoms with van der Waals surface area (Å²) in [6, 6.07) is 65.1. The van der Waals surface area contributed by atoms with Crippen LogP contribution in [0.25, 0.3) is 0 Å². The van der Waals surface area contributed by atoms with Gasteiger partial charge in [0, 0.05) is 0 Å². The third-order valence-corrected chi connectivity index (χ3v) is 11.7. The smallest absolute Gasteiger partial charge is 0.147 e. The number of benzene rings is 6. The van der Waals surface area contributed by atoms with Crippen molar-refractivity contribution in [3.05, 3.63) is 233 Å². The van der Waals surface area contributed by atoms with Gasteiger partial charge in [-0.1, -0.05) is 224 Å². The van der Waals surface area contributed by atoms with Crippen molar-refractivity contribution in [2.45, 2.75) is 57.8 Å². The fraction of sp³-hybridized carbons (Fsp3) is 0.235. The zero-order valence-corrected chi connectivity index (χ0v) is 32.4. The first kappa shape index (κ1) is 36.7. The molecule has 0 saturated carbocycles. The summed E-state index contributed by atoms with van der Waals surface area (Å²) < 4.78 is 0. The van der Waals surface area contributed by atoms with Gasteiger partial charge in [0.25, 0.3) is 0 Å². The van der Waals surface area contributed by atoms with E-state index >= 15 is 0 Å². The molecule has 0 radical (unpaired) electrons. The highest BCUT2D eigenvalue weighted by molar-refractivity contribution is 5.53. The Morgan fingerprint density at radius 1 is 0.259 bits per heavy atom. The zero-order chi connectivity index (χ0) is 37.8. The molecule has 3 heteroatoms. The van der Waals surface area contributed by atoms with E-state index in [0.717, 1.165) is 50.9 Å². The maximum absolute atomic E-state index is 5.86. The molecule has 0 aliphatic rings. The van der Waals surface area contributed by atoms with Crippen LogP contribution in [0.3, 0.4) is 0 Å². The van der Waals surface area contributed by atoms with Gasteiger partial charge in [-0.25, -0.2) is 15.0 Å². The van der Waals surface area contributed by atoms with E-state index in [-0.39, 0.29) is 17.8 Å². The summed E-state index contributed by atoms with van der Waals surface area (Å²) in [6.45, 7) is 13.8. The summed E-state index contributed by atoms with van der Waals surface area (Å²) >= 11 is 0. The molecule has 6 aromatic carbocycles. The lowest BCUT2D eigenvalue weighted by Crippen LogP contribution is -2.45. The van der Waals surface area contributed by atoms with E-state index in [1.165, 1.54) is 0 Å². The molecule has 54 heavy (non-hydrogen) atoms. The van der Waals surface area contributed by atoms with Gasteiger partial charge < -0.3 is 0 Å². The standard InChI is InChI=1S/C51H51N3/c1-37(2)49(40-25-13-7-14-26-40,41-27-15-8-16-28-41)46-52-47(50(38(3)4,42-29-17-9-18-30-42)43-31-19-10-20-32-43)54-48(53-46)51(39(5)6,44-33-21-11-22-34-44)45-35-23-12-24-36-45/h7-39H,1-6H3. The number of aromatic nitrogens is 3. The van der Waals surface area contributed by atoms with E-state index in [9.17, 15) is 0 Å². The fourth-order valence-corrected chi connectivity index (χ4v) is 9.16. The third-order valence-electron chi connectivity index (χ3n) is 11.7. The molecule has 270 valence electrons. The molecule has 1 aromatic heterocycles. The molecular formula is C51H51N3. The van der Waals surface area contributed by atoms with Gasteiger partial charge >= 0.3 is 0 Å². The molecular weight excluding hydrogens is 655 g/mol. The Bertz CT molecular complexity index is 1840. The van der Waals surface area contributed by atoms with Crippen LogP contribution in [0.1, 0.15) is 92.4 Å². The van der Waals surface area contributed by atoms with E-state index in [4.69, 9.17) is 15.0 Å². The van der Waals surface area contributed by atoms with Gasteiger partial charge in [0.05, 0.1) is 16.2 Å². The Labute approximate surface area is 322 Å². The van der Waals surface area contributed by atoms with Gasteiger partial charge in [-0.3, -0.25) is 0 Å². The van der Waals surface area contributed by atoms with Crippen molar-refractivity contribution in [1.82, 2.24) is 15.0 Å². The molecule has 0 bridgehead atoms. The van der Waals surface area contributed by atoms with E-state index in [0.29, 0.717) is 0 Å². The second kappa shape index (κ2) is 15.4. The lowest BCUT2D eigenvalue weighted by atomic mass is 9.63. The van der Waals surface area contributed by atoms with E-state index in [1.54, 1.807) is 0 Å². The number of nitrogens with zero attached hydrogens (tertiary/aromatic N) is 3. The van der Waals surface area contributed by atoms with Crippen LogP contribution in [0.15, 0.2) is 182 Å². The number of hydrogen-bond donors (Lipinski definition) is 0. The van der Waals surface area contributed by atoms with Crippen LogP contribution in [0.2, 0.25) is 0 Å². The molecule has 0 unspecified atom stereocenters. The summed E-state index contributed by atoms with van der Waals surface area (Å²) in [7, 11) is 0. The largest absolute Gasteiger partial charge is 0.215 e. The predicted octanol–water partition coefficient (Wildman–Crippen LogP) is 11.8. The average molecular weight is 706 g/mol. The minimum atomic E-state index is -0.707. The average Bonchev–Trinajstić information content (AvgIpc) is 3.21. The van der Waals surface area contributed by atoms with E-state index in [2.05, 4.69) is 224 Å².